The van der Waals surface area contributed by atoms with Gasteiger partial charge in [0.05, 0.1) is 41.0 Å². The van der Waals surface area contributed by atoms with Gasteiger partial charge in [0.25, 0.3) is 0 Å². The first kappa shape index (κ1) is 34.3. The van der Waals surface area contributed by atoms with Gasteiger partial charge in [0.1, 0.15) is 6.54 Å². The maximum atomic E-state index is 9.55. The van der Waals surface area contributed by atoms with Gasteiger partial charge in [-0.25, -0.2) is 9.59 Å². The molecule has 0 aliphatic rings. The van der Waals surface area contributed by atoms with E-state index in [0.717, 1.165) is 24.2 Å². The number of nitrogens with zero attached hydrogens (tertiary/aromatic N) is 1. The topological polar surface area (TPSA) is 135 Å². The van der Waals surface area contributed by atoms with Gasteiger partial charge < -0.3 is 42.4 Å². The second kappa shape index (κ2) is 26.8. The number of likely N-dealkylation sites (N-methyl/N-ethyl adjacent to an activating group) is 1. The summed E-state index contributed by atoms with van der Waals surface area (Å²) in [5.74, 6) is -2.51. The second-order valence-electron chi connectivity index (χ2n) is 4.24. The molecular weight excluding hydrogens is 428 g/mol. The molecule has 0 aromatic rings. The van der Waals surface area contributed by atoms with Crippen molar-refractivity contribution in [2.75, 3.05) is 47.5 Å². The molecule has 23 heavy (non-hydrogen) atoms. The van der Waals surface area contributed by atoms with Crippen LogP contribution in [0, 0.1) is 0 Å². The third kappa shape index (κ3) is 88.4. The molecule has 0 aliphatic heterocycles. The number of quaternary nitrogens is 1. The molecule has 0 saturated carbocycles. The van der Waals surface area contributed by atoms with Crippen LogP contribution in [0.25, 0.3) is 0 Å². The van der Waals surface area contributed by atoms with E-state index in [1.54, 1.807) is 0 Å². The van der Waals surface area contributed by atoms with Crippen molar-refractivity contribution < 1.29 is 65.1 Å². The standard InChI is InChI=1S/C5H14NO.C4H4O4.C2H6O2.3ClH.Cu/c1-6(2,3)4-5-7;5-3(6)1-2-4(7)8;3-1-2-4;;;;/h7H,4-5H2,1-3H3;1-2H,(H,5,6)(H,7,8);3-4H,1-2H2;3*1H;/q+1;;;;;;+2/p-3/b;2-1-;;;;;. The van der Waals surface area contributed by atoms with Gasteiger partial charge in [-0.05, 0) is 0 Å². The zero-order valence-electron chi connectivity index (χ0n) is 12.9. The van der Waals surface area contributed by atoms with E-state index in [-0.39, 0.29) is 32.2 Å². The van der Waals surface area contributed by atoms with Gasteiger partial charge in [-0.3, -0.25) is 0 Å². The van der Waals surface area contributed by atoms with Gasteiger partial charge in [0.15, 0.2) is 0 Å². The third-order valence-electron chi connectivity index (χ3n) is 1.24. The number of aliphatic hydroxyl groups excluding tert-OH is 3. The molecule has 0 heterocycles. The van der Waals surface area contributed by atoms with Crippen molar-refractivity contribution in [1.82, 2.24) is 0 Å². The van der Waals surface area contributed by atoms with Crippen molar-refractivity contribution in [3.8, 4) is 0 Å². The predicted octanol–water partition coefficient (Wildman–Crippen LogP) is -3.25. The first-order valence-electron chi connectivity index (χ1n) is 5.60. The number of carboxylic acids is 2. The fourth-order valence-electron chi connectivity index (χ4n) is 0.443. The van der Waals surface area contributed by atoms with E-state index in [0.29, 0.717) is 12.2 Å². The summed E-state index contributed by atoms with van der Waals surface area (Å²) < 4.78 is 0.844. The Morgan fingerprint density at radius 3 is 1.22 bits per heavy atom. The summed E-state index contributed by atoms with van der Waals surface area (Å²) in [6.45, 7) is 0.865. The maximum absolute atomic E-state index is 9.55. The van der Waals surface area contributed by atoms with E-state index in [1.165, 1.54) is 0 Å². The third-order valence-corrected chi connectivity index (χ3v) is 1.24. The second-order valence-corrected chi connectivity index (χ2v) is 5.79. The van der Waals surface area contributed by atoms with Crippen LogP contribution in [-0.2, 0) is 22.7 Å². The molecule has 0 spiro atoms. The van der Waals surface area contributed by atoms with E-state index in [9.17, 15) is 9.59 Å². The Kier molecular flexibility index (Phi) is 39.9. The molecule has 0 aliphatic carbocycles. The molecule has 0 radical (unpaired) electrons. The Labute approximate surface area is 156 Å². The number of hydrogen-bond acceptors (Lipinski definition) is 5. The first-order valence-corrected chi connectivity index (χ1v) is 8.19. The summed E-state index contributed by atoms with van der Waals surface area (Å²) in [5, 5.41) is 39.3. The summed E-state index contributed by atoms with van der Waals surface area (Å²) in [4.78, 5) is 19.1. The van der Waals surface area contributed by atoms with Crippen LogP contribution in [0.5, 0.6) is 0 Å². The molecule has 12 heteroatoms. The molecule has 147 valence electrons. The van der Waals surface area contributed by atoms with Crippen molar-refractivity contribution in [1.29, 1.82) is 0 Å². The molecule has 5 N–H and O–H groups in total. The van der Waals surface area contributed by atoms with Crippen LogP contribution in [0.1, 0.15) is 0 Å². The van der Waals surface area contributed by atoms with E-state index in [4.69, 9.17) is 25.5 Å². The number of carbonyl (C=O) groups is 2. The Hall–Kier alpha value is -0.0905. The average Bonchev–Trinajstić information content (AvgIpc) is 2.37. The van der Waals surface area contributed by atoms with E-state index < -0.39 is 11.9 Å². The van der Waals surface area contributed by atoms with Crippen LogP contribution in [0.4, 0.5) is 0 Å². The van der Waals surface area contributed by atoms with Crippen LogP contribution >= 0.6 is 20.2 Å². The molecule has 0 rings (SSSR count). The number of hydrogen-bond donors (Lipinski definition) is 5. The summed E-state index contributed by atoms with van der Waals surface area (Å²) in [5.41, 5.74) is 0. The Balaban J connectivity index is -0.0000000660. The molecule has 0 saturated heterocycles. The van der Waals surface area contributed by atoms with Gasteiger partial charge in [-0.15, -0.1) is 0 Å². The number of aliphatic hydroxyl groups is 3. The molecule has 0 atom stereocenters. The predicted molar refractivity (Wildman–Crippen MR) is 80.3 cm³/mol. The van der Waals surface area contributed by atoms with Gasteiger partial charge in [0, 0.05) is 12.2 Å². The number of carboxylic acid groups (broad SMARTS) is 2. The molecule has 0 aromatic carbocycles. The normalized spacial score (nSPS) is 9.22. The van der Waals surface area contributed by atoms with Gasteiger partial charge in [-0.1, -0.05) is 0 Å². The molecule has 0 bridgehead atoms. The molecule has 0 aromatic heterocycles. The molecule has 8 nitrogen and oxygen atoms in total. The summed E-state index contributed by atoms with van der Waals surface area (Å²) in [6.07, 6.45) is 1.12. The van der Waals surface area contributed by atoms with Crippen LogP contribution < -0.4 is 12.4 Å². The van der Waals surface area contributed by atoms with Gasteiger partial charge in [0.2, 0.25) is 0 Å². The fraction of sp³-hybridized carbons (Fsp3) is 0.636. The average molecular weight is 452 g/mol. The van der Waals surface area contributed by atoms with Crippen molar-refractivity contribution in [3.05, 3.63) is 12.2 Å². The molecule has 0 amide bonds. The van der Waals surface area contributed by atoms with Gasteiger partial charge >= 0.3 is 45.3 Å². The molecular formula is C11H24Cl3CuNO7. The Morgan fingerprint density at radius 1 is 0.913 bits per heavy atom. The fourth-order valence-corrected chi connectivity index (χ4v) is 0.443. The van der Waals surface area contributed by atoms with Crippen molar-refractivity contribution in [3.63, 3.8) is 0 Å². The van der Waals surface area contributed by atoms with E-state index in [1.807, 2.05) is 0 Å². The summed E-state index contributed by atoms with van der Waals surface area (Å²) in [6, 6.07) is 0. The zero-order valence-corrected chi connectivity index (χ0v) is 16.1. The number of aliphatic carboxylic acids is 2. The van der Waals surface area contributed by atoms with Crippen molar-refractivity contribution in [2.24, 2.45) is 0 Å². The van der Waals surface area contributed by atoms with E-state index >= 15 is 0 Å². The first-order chi connectivity index (χ1) is 10.0. The van der Waals surface area contributed by atoms with Gasteiger partial charge in [-0.2, -0.15) is 0 Å². The van der Waals surface area contributed by atoms with Crippen molar-refractivity contribution in [2.45, 2.75) is 0 Å². The summed E-state index contributed by atoms with van der Waals surface area (Å²) >= 11 is 0.757. The SMILES string of the molecule is C[N+](C)(C)CCO.O=C(O)/C=C\C(=O)O.OCCO.[Cl-].[Cl][Cu][Cl]. The summed E-state index contributed by atoms with van der Waals surface area (Å²) in [7, 11) is 15.5. The quantitative estimate of drug-likeness (QED) is 0.168. The minimum absolute atomic E-state index is 0. The zero-order chi connectivity index (χ0) is 18.6. The number of rotatable bonds is 5. The van der Waals surface area contributed by atoms with Crippen LogP contribution in [-0.4, -0.2) is 89.5 Å². The monoisotopic (exact) mass is 450 g/mol. The van der Waals surface area contributed by atoms with Crippen molar-refractivity contribution >= 4 is 32.1 Å². The Bertz CT molecular complexity index is 271. The van der Waals surface area contributed by atoms with E-state index in [2.05, 4.69) is 41.3 Å². The molecule has 0 fully saturated rings. The minimum atomic E-state index is -1.26. The number of halogens is 3. The Morgan fingerprint density at radius 2 is 1.17 bits per heavy atom. The van der Waals surface area contributed by atoms with Crippen LogP contribution in [0.15, 0.2) is 12.2 Å². The molecule has 0 unspecified atom stereocenters. The van der Waals surface area contributed by atoms with Crippen LogP contribution in [0.3, 0.4) is 0 Å². The van der Waals surface area contributed by atoms with Crippen LogP contribution in [0.2, 0.25) is 0 Å².